The van der Waals surface area contributed by atoms with Gasteiger partial charge < -0.3 is 0 Å². The molecule has 0 radical (unpaired) electrons. The highest BCUT2D eigenvalue weighted by Gasteiger charge is 2.14. The number of rotatable bonds is 6. The molecule has 3 heterocycles. The fourth-order valence-electron chi connectivity index (χ4n) is 6.32. The Kier molecular flexibility index (Phi) is 9.84. The quantitative estimate of drug-likeness (QED) is 0.168. The zero-order valence-corrected chi connectivity index (χ0v) is 29.8. The van der Waals surface area contributed by atoms with E-state index in [4.69, 9.17) is 0 Å². The third-order valence-electron chi connectivity index (χ3n) is 8.26. The maximum absolute atomic E-state index is 4.08. The number of hydrogen-bond donors (Lipinski definition) is 0. The summed E-state index contributed by atoms with van der Waals surface area (Å²) in [7, 11) is 0. The SMILES string of the molecule is C=Cc1sc2c(Cc3ccc4sc5ccc(Cc6cccc7c6sc6ccccc67)cc5c4c3)cccc2c1/C=C\C.CC.CC. The van der Waals surface area contributed by atoms with Gasteiger partial charge >= 0.3 is 0 Å². The first-order valence-corrected chi connectivity index (χ1v) is 18.8. The maximum Gasteiger partial charge on any atom is 0.0390 e. The smallest absolute Gasteiger partial charge is 0.0390 e. The summed E-state index contributed by atoms with van der Waals surface area (Å²) in [5, 5.41) is 6.80. The van der Waals surface area contributed by atoms with Crippen LogP contribution < -0.4 is 0 Å². The summed E-state index contributed by atoms with van der Waals surface area (Å²) in [5.74, 6) is 0. The molecule has 0 bridgehead atoms. The second-order valence-electron chi connectivity index (χ2n) is 10.9. The first-order valence-electron chi connectivity index (χ1n) is 16.3. The average Bonchev–Trinajstić information content (AvgIpc) is 3.79. The predicted molar refractivity (Wildman–Crippen MR) is 214 cm³/mol. The van der Waals surface area contributed by atoms with Gasteiger partial charge in [0.05, 0.1) is 0 Å². The molecule has 8 aromatic rings. The third-order valence-corrected chi connectivity index (χ3v) is 12.0. The third kappa shape index (κ3) is 5.84. The zero-order valence-electron chi connectivity index (χ0n) is 27.3. The monoisotopic (exact) mass is 652 g/mol. The number of allylic oxidation sites excluding steroid dienone is 1. The van der Waals surface area contributed by atoms with Gasteiger partial charge in [0.15, 0.2) is 0 Å². The van der Waals surface area contributed by atoms with Crippen LogP contribution in [-0.2, 0) is 12.8 Å². The topological polar surface area (TPSA) is 0 Å². The van der Waals surface area contributed by atoms with Crippen LogP contribution in [0.2, 0.25) is 0 Å². The van der Waals surface area contributed by atoms with Crippen molar-refractivity contribution in [1.82, 2.24) is 0 Å². The van der Waals surface area contributed by atoms with Gasteiger partial charge in [-0.1, -0.05) is 119 Å². The van der Waals surface area contributed by atoms with E-state index in [0.717, 1.165) is 12.8 Å². The minimum atomic E-state index is 0.921. The molecule has 0 nitrogen and oxygen atoms in total. The number of thiophene rings is 3. The largest absolute Gasteiger partial charge is 0.135 e. The average molecular weight is 653 g/mol. The van der Waals surface area contributed by atoms with Gasteiger partial charge in [-0.15, -0.1) is 34.0 Å². The minimum absolute atomic E-state index is 0.921. The van der Waals surface area contributed by atoms with Crippen molar-refractivity contribution in [3.8, 4) is 0 Å². The van der Waals surface area contributed by atoms with Crippen LogP contribution in [0, 0.1) is 0 Å². The first-order chi connectivity index (χ1) is 22.7. The molecule has 3 heteroatoms. The highest BCUT2D eigenvalue weighted by atomic mass is 32.1. The lowest BCUT2D eigenvalue weighted by Gasteiger charge is -2.06. The summed E-state index contributed by atoms with van der Waals surface area (Å²) in [6.07, 6.45) is 8.18. The van der Waals surface area contributed by atoms with Crippen LogP contribution in [0.25, 0.3) is 62.6 Å². The predicted octanol–water partition coefficient (Wildman–Crippen LogP) is 14.5. The zero-order chi connectivity index (χ0) is 32.2. The fourth-order valence-corrected chi connectivity index (χ4v) is 9.75. The summed E-state index contributed by atoms with van der Waals surface area (Å²) < 4.78 is 6.86. The molecule has 0 aliphatic heterocycles. The number of hydrogen-bond acceptors (Lipinski definition) is 3. The van der Waals surface area contributed by atoms with E-state index in [1.165, 1.54) is 83.1 Å². The van der Waals surface area contributed by atoms with Gasteiger partial charge in [-0.3, -0.25) is 0 Å². The van der Waals surface area contributed by atoms with E-state index >= 15 is 0 Å². The molecule has 5 aromatic carbocycles. The van der Waals surface area contributed by atoms with Crippen LogP contribution in [0.15, 0.2) is 110 Å². The van der Waals surface area contributed by atoms with Gasteiger partial charge in [-0.05, 0) is 77.9 Å². The van der Waals surface area contributed by atoms with E-state index in [2.05, 4.69) is 123 Å². The molecule has 0 saturated carbocycles. The van der Waals surface area contributed by atoms with Crippen molar-refractivity contribution in [2.75, 3.05) is 0 Å². The second kappa shape index (κ2) is 14.2. The molecule has 0 fully saturated rings. The van der Waals surface area contributed by atoms with Gasteiger partial charge in [0.2, 0.25) is 0 Å². The van der Waals surface area contributed by atoms with Crippen molar-refractivity contribution in [1.29, 1.82) is 0 Å². The van der Waals surface area contributed by atoms with Crippen molar-refractivity contribution in [2.24, 2.45) is 0 Å². The van der Waals surface area contributed by atoms with Crippen LogP contribution in [0.3, 0.4) is 0 Å². The van der Waals surface area contributed by atoms with E-state index in [0.29, 0.717) is 0 Å². The number of fused-ring (bicyclic) bond motifs is 7. The molecule has 0 saturated heterocycles. The van der Waals surface area contributed by atoms with E-state index in [9.17, 15) is 0 Å². The Morgan fingerprint density at radius 2 is 1.09 bits per heavy atom. The molecule has 0 amide bonds. The van der Waals surface area contributed by atoms with Crippen molar-refractivity contribution < 1.29 is 0 Å². The lowest BCUT2D eigenvalue weighted by atomic mass is 9.98. The Hall–Kier alpha value is -4.02. The van der Waals surface area contributed by atoms with Crippen LogP contribution in [0.1, 0.15) is 67.3 Å². The maximum atomic E-state index is 4.08. The molecule has 230 valence electrons. The molecule has 8 rings (SSSR count). The molecule has 0 atom stereocenters. The highest BCUT2D eigenvalue weighted by molar-refractivity contribution is 7.26. The highest BCUT2D eigenvalue weighted by Crippen LogP contribution is 2.40. The number of benzene rings is 5. The molecular weight excluding hydrogens is 613 g/mol. The normalized spacial score (nSPS) is 11.3. The van der Waals surface area contributed by atoms with Crippen molar-refractivity contribution in [2.45, 2.75) is 47.5 Å². The second-order valence-corrected chi connectivity index (χ2v) is 14.1. The first kappa shape index (κ1) is 31.9. The summed E-state index contributed by atoms with van der Waals surface area (Å²) in [6, 6.07) is 36.4. The fraction of sp³-hybridized carbons (Fsp3) is 0.163. The summed E-state index contributed by atoms with van der Waals surface area (Å²) >= 11 is 5.67. The molecule has 46 heavy (non-hydrogen) atoms. The molecule has 3 aromatic heterocycles. The molecule has 0 aliphatic rings. The lowest BCUT2D eigenvalue weighted by molar-refractivity contribution is 1.23. The van der Waals surface area contributed by atoms with Crippen LogP contribution >= 0.6 is 34.0 Å². The Bertz CT molecular complexity index is 2340. The van der Waals surface area contributed by atoms with E-state index in [1.807, 2.05) is 67.8 Å². The Balaban J connectivity index is 0.000000896. The van der Waals surface area contributed by atoms with Crippen LogP contribution in [-0.4, -0.2) is 0 Å². The van der Waals surface area contributed by atoms with Crippen molar-refractivity contribution in [3.05, 3.63) is 142 Å². The standard InChI is InChI=1S/C39H28S3.2C2H6/c1-3-9-28-30-13-7-10-26(38(30)41-34(28)4-2)20-24-16-18-36-32(22-24)33-23-25(17-19-37(33)40-36)21-27-11-8-14-31-29-12-5-6-15-35(29)42-39(27)31;2*1-2/h3-19,22-23H,2,20-21H2,1H3;2*1-2H3/b9-3-;;. The summed E-state index contributed by atoms with van der Waals surface area (Å²) in [6.45, 7) is 14.2. The Labute approximate surface area is 285 Å². The molecule has 0 unspecified atom stereocenters. The lowest BCUT2D eigenvalue weighted by Crippen LogP contribution is -1.89. The van der Waals surface area contributed by atoms with Gasteiger partial charge in [0.1, 0.15) is 0 Å². The molecular formula is C43H40S3. The van der Waals surface area contributed by atoms with Gasteiger partial charge in [-0.25, -0.2) is 0 Å². The van der Waals surface area contributed by atoms with Gasteiger partial charge in [-0.2, -0.15) is 0 Å². The molecule has 0 N–H and O–H groups in total. The summed E-state index contributed by atoms with van der Waals surface area (Å²) in [4.78, 5) is 1.24. The van der Waals surface area contributed by atoms with Gasteiger partial charge in [0, 0.05) is 55.3 Å². The van der Waals surface area contributed by atoms with E-state index < -0.39 is 0 Å². The Morgan fingerprint density at radius 1 is 0.543 bits per heavy atom. The molecule has 0 aliphatic carbocycles. The van der Waals surface area contributed by atoms with Crippen LogP contribution in [0.5, 0.6) is 0 Å². The van der Waals surface area contributed by atoms with Crippen molar-refractivity contribution in [3.63, 3.8) is 0 Å². The van der Waals surface area contributed by atoms with Crippen LogP contribution in [0.4, 0.5) is 0 Å². The summed E-state index contributed by atoms with van der Waals surface area (Å²) in [5.41, 5.74) is 6.80. The minimum Gasteiger partial charge on any atom is -0.135 e. The van der Waals surface area contributed by atoms with E-state index in [1.54, 1.807) is 0 Å². The Morgan fingerprint density at radius 3 is 1.70 bits per heavy atom. The van der Waals surface area contributed by atoms with E-state index in [-0.39, 0.29) is 0 Å². The van der Waals surface area contributed by atoms with Gasteiger partial charge in [0.25, 0.3) is 0 Å². The van der Waals surface area contributed by atoms with Crippen molar-refractivity contribution >= 4 is 96.6 Å². The molecule has 0 spiro atoms.